The molecule has 0 amide bonds. The molecule has 1 aliphatic heterocycles. The fourth-order valence-corrected chi connectivity index (χ4v) is 0.567. The second kappa shape index (κ2) is 2.31. The molecule has 0 aromatic rings. The normalized spacial score (nSPS) is 17.3. The van der Waals surface area contributed by atoms with Gasteiger partial charge < -0.3 is 0 Å². The summed E-state index contributed by atoms with van der Waals surface area (Å²) in [5, 5.41) is 3.00. The highest BCUT2D eigenvalue weighted by Gasteiger charge is 2.20. The number of hydrogen-bond donors (Lipinski definition) is 0. The van der Waals surface area contributed by atoms with Crippen LogP contribution in [0.2, 0.25) is 0 Å². The molecule has 9 heavy (non-hydrogen) atoms. The first-order chi connectivity index (χ1) is 4.22. The first-order valence-corrected chi connectivity index (χ1v) is 2.51. The van der Waals surface area contributed by atoms with Crippen LogP contribution in [0.4, 0.5) is 8.78 Å². The molecular formula is C4H2ClF2N2. The van der Waals surface area contributed by atoms with Crippen LogP contribution < -0.4 is 5.43 Å². The highest BCUT2D eigenvalue weighted by atomic mass is 35.5. The number of nitrogens with zero attached hydrogens (tertiary/aromatic N) is 2. The maximum Gasteiger partial charge on any atom is 0.283 e. The van der Waals surface area contributed by atoms with Crippen molar-refractivity contribution in [2.24, 2.45) is 5.10 Å². The van der Waals surface area contributed by atoms with Crippen LogP contribution in [0.1, 0.15) is 0 Å². The fraction of sp³-hybridized carbons (Fsp3) is 0.250. The van der Waals surface area contributed by atoms with Gasteiger partial charge in [-0.15, -0.1) is 5.10 Å². The van der Waals surface area contributed by atoms with Crippen LogP contribution in [-0.2, 0) is 0 Å². The molecule has 0 aromatic carbocycles. The minimum atomic E-state index is -2.62. The molecular weight excluding hydrogens is 150 g/mol. The van der Waals surface area contributed by atoms with Gasteiger partial charge in [0.2, 0.25) is 0 Å². The maximum atomic E-state index is 11.7. The molecule has 0 aliphatic carbocycles. The molecule has 0 unspecified atom stereocenters. The van der Waals surface area contributed by atoms with E-state index in [1.54, 1.807) is 0 Å². The summed E-state index contributed by atoms with van der Waals surface area (Å²) < 4.78 is 23.3. The molecule has 1 heterocycles. The zero-order chi connectivity index (χ0) is 6.85. The van der Waals surface area contributed by atoms with Crippen LogP contribution in [0.3, 0.4) is 0 Å². The molecule has 2 nitrogen and oxygen atoms in total. The summed E-state index contributed by atoms with van der Waals surface area (Å²) in [7, 11) is 0. The van der Waals surface area contributed by atoms with Crippen LogP contribution in [0.25, 0.3) is 0 Å². The number of hydrogen-bond acceptors (Lipinski definition) is 1. The van der Waals surface area contributed by atoms with E-state index in [4.69, 9.17) is 11.6 Å². The second-order valence-electron chi connectivity index (χ2n) is 1.38. The lowest BCUT2D eigenvalue weighted by Crippen LogP contribution is -2.07. The minimum absolute atomic E-state index is 0.0787. The van der Waals surface area contributed by atoms with E-state index < -0.39 is 12.1 Å². The Balaban J connectivity index is 2.72. The topological polar surface area (TPSA) is 26.5 Å². The third-order valence-corrected chi connectivity index (χ3v) is 1.08. The van der Waals surface area contributed by atoms with E-state index >= 15 is 0 Å². The van der Waals surface area contributed by atoms with Gasteiger partial charge in [-0.25, -0.2) is 8.78 Å². The Morgan fingerprint density at radius 2 is 2.22 bits per heavy atom. The molecule has 0 N–H and O–H groups in total. The number of allylic oxidation sites excluding steroid dienone is 1. The summed E-state index contributed by atoms with van der Waals surface area (Å²) in [5.41, 5.74) is 2.73. The summed E-state index contributed by atoms with van der Waals surface area (Å²) in [6, 6.07) is 0. The molecule has 0 bridgehead atoms. The highest BCUT2D eigenvalue weighted by molar-refractivity contribution is 6.44. The van der Waals surface area contributed by atoms with E-state index in [9.17, 15) is 8.78 Å². The molecule has 1 rings (SSSR count). The Bertz CT molecular complexity index is 175. The second-order valence-corrected chi connectivity index (χ2v) is 1.79. The first kappa shape index (κ1) is 6.48. The minimum Gasteiger partial charge on any atom is -0.203 e. The standard InChI is InChI=1S/C4H2ClF2N2/c5-2-1-8-9-3(2)4(6)7/h1,4H. The van der Waals surface area contributed by atoms with Crippen molar-refractivity contribution < 1.29 is 8.78 Å². The van der Waals surface area contributed by atoms with Gasteiger partial charge in [0.15, 0.2) is 0 Å². The quantitative estimate of drug-likeness (QED) is 0.540. The summed E-state index contributed by atoms with van der Waals surface area (Å²) in [6.45, 7) is 0. The van der Waals surface area contributed by atoms with Crippen molar-refractivity contribution in [3.8, 4) is 0 Å². The van der Waals surface area contributed by atoms with Crippen molar-refractivity contribution in [3.63, 3.8) is 0 Å². The van der Waals surface area contributed by atoms with Crippen LogP contribution in [0.5, 0.6) is 0 Å². The van der Waals surface area contributed by atoms with Crippen LogP contribution in [0, 0.1) is 0 Å². The first-order valence-electron chi connectivity index (χ1n) is 2.13. The van der Waals surface area contributed by atoms with Gasteiger partial charge in [0.05, 0.1) is 11.2 Å². The van der Waals surface area contributed by atoms with Gasteiger partial charge in [-0.1, -0.05) is 11.6 Å². The fourth-order valence-electron chi connectivity index (χ4n) is 0.404. The molecule has 49 valence electrons. The van der Waals surface area contributed by atoms with Gasteiger partial charge >= 0.3 is 0 Å². The van der Waals surface area contributed by atoms with Crippen LogP contribution >= 0.6 is 11.6 Å². The number of alkyl halides is 2. The third kappa shape index (κ3) is 1.18. The number of halogens is 3. The molecule has 0 atom stereocenters. The van der Waals surface area contributed by atoms with Gasteiger partial charge in [-0.2, -0.15) is 5.43 Å². The summed E-state index contributed by atoms with van der Waals surface area (Å²) in [6.07, 6.45) is -1.54. The average molecular weight is 152 g/mol. The molecule has 0 saturated carbocycles. The van der Waals surface area contributed by atoms with Crippen molar-refractivity contribution in [1.82, 2.24) is 5.43 Å². The molecule has 0 spiro atoms. The van der Waals surface area contributed by atoms with E-state index in [-0.39, 0.29) is 5.03 Å². The Labute approximate surface area is 55.2 Å². The Hall–Kier alpha value is -0.640. The van der Waals surface area contributed by atoms with E-state index in [1.165, 1.54) is 0 Å². The summed E-state index contributed by atoms with van der Waals surface area (Å²) in [5.74, 6) is 0. The Morgan fingerprint density at radius 3 is 2.44 bits per heavy atom. The molecule has 1 aliphatic rings. The van der Waals surface area contributed by atoms with E-state index in [1.807, 2.05) is 0 Å². The van der Waals surface area contributed by atoms with E-state index in [0.717, 1.165) is 6.20 Å². The average Bonchev–Trinajstić information content (AvgIpc) is 2.13. The predicted molar refractivity (Wildman–Crippen MR) is 29.5 cm³/mol. The lowest BCUT2D eigenvalue weighted by Gasteiger charge is -1.92. The van der Waals surface area contributed by atoms with Crippen molar-refractivity contribution in [2.45, 2.75) is 6.43 Å². The van der Waals surface area contributed by atoms with Crippen molar-refractivity contribution >= 4 is 17.3 Å². The largest absolute Gasteiger partial charge is 0.283 e. The van der Waals surface area contributed by atoms with Gasteiger partial charge in [0.1, 0.15) is 5.71 Å². The highest BCUT2D eigenvalue weighted by Crippen LogP contribution is 2.14. The smallest absolute Gasteiger partial charge is 0.203 e. The predicted octanol–water partition coefficient (Wildman–Crippen LogP) is 1.31. The van der Waals surface area contributed by atoms with Crippen molar-refractivity contribution in [1.29, 1.82) is 0 Å². The maximum absolute atomic E-state index is 11.7. The van der Waals surface area contributed by atoms with Gasteiger partial charge in [0, 0.05) is 0 Å². The van der Waals surface area contributed by atoms with Gasteiger partial charge in [-0.05, 0) is 0 Å². The third-order valence-electron chi connectivity index (χ3n) is 0.788. The van der Waals surface area contributed by atoms with E-state index in [2.05, 4.69) is 10.5 Å². The van der Waals surface area contributed by atoms with Gasteiger partial charge in [-0.3, -0.25) is 0 Å². The number of rotatable bonds is 1. The lowest BCUT2D eigenvalue weighted by atomic mass is 10.4. The molecule has 0 fully saturated rings. The van der Waals surface area contributed by atoms with Crippen LogP contribution in [0.15, 0.2) is 16.3 Å². The molecule has 5 heteroatoms. The SMILES string of the molecule is FC(F)C1=N[N]C=C1Cl. The lowest BCUT2D eigenvalue weighted by molar-refractivity contribution is 0.226. The molecule has 0 aromatic heterocycles. The Kier molecular flexibility index (Phi) is 1.66. The van der Waals surface area contributed by atoms with Crippen molar-refractivity contribution in [3.05, 3.63) is 11.2 Å². The zero-order valence-corrected chi connectivity index (χ0v) is 4.94. The summed E-state index contributed by atoms with van der Waals surface area (Å²) >= 11 is 5.23. The summed E-state index contributed by atoms with van der Waals surface area (Å²) in [4.78, 5) is 0. The van der Waals surface area contributed by atoms with Gasteiger partial charge in [0.25, 0.3) is 6.43 Å². The monoisotopic (exact) mass is 151 g/mol. The Morgan fingerprint density at radius 1 is 1.56 bits per heavy atom. The molecule has 1 radical (unpaired) electrons. The molecule has 0 saturated heterocycles. The van der Waals surface area contributed by atoms with Crippen LogP contribution in [-0.4, -0.2) is 12.1 Å². The van der Waals surface area contributed by atoms with E-state index in [0.29, 0.717) is 0 Å². The zero-order valence-electron chi connectivity index (χ0n) is 4.18. The van der Waals surface area contributed by atoms with Crippen molar-refractivity contribution in [2.75, 3.05) is 0 Å².